The first-order valence-electron chi connectivity index (χ1n) is 8.29. The number of fused-ring (bicyclic) bond motifs is 1. The zero-order valence-corrected chi connectivity index (χ0v) is 15.4. The van der Waals surface area contributed by atoms with Crippen molar-refractivity contribution in [3.63, 3.8) is 0 Å². The summed E-state index contributed by atoms with van der Waals surface area (Å²) in [6, 6.07) is 8.47. The summed E-state index contributed by atoms with van der Waals surface area (Å²) < 4.78 is 0. The van der Waals surface area contributed by atoms with Crippen LogP contribution in [0.5, 0.6) is 0 Å². The van der Waals surface area contributed by atoms with Gasteiger partial charge < -0.3 is 0 Å². The number of carbonyl (C=O) groups excluding carboxylic acids is 1. The number of thiophene rings is 2. The van der Waals surface area contributed by atoms with Gasteiger partial charge in [0, 0.05) is 22.6 Å². The molecule has 0 unspecified atom stereocenters. The minimum Gasteiger partial charge on any atom is -0.273 e. The predicted molar refractivity (Wildman–Crippen MR) is 101 cm³/mol. The van der Waals surface area contributed by atoms with E-state index in [1.54, 1.807) is 34.6 Å². The molecule has 0 aromatic carbocycles. The van der Waals surface area contributed by atoms with Gasteiger partial charge in [0.15, 0.2) is 0 Å². The summed E-state index contributed by atoms with van der Waals surface area (Å²) in [5.74, 6) is 0.940. The number of carbonyl (C=O) groups is 1. The van der Waals surface area contributed by atoms with Crippen LogP contribution in [0, 0.1) is 11.8 Å². The van der Waals surface area contributed by atoms with Crippen molar-refractivity contribution in [2.45, 2.75) is 32.7 Å². The molecule has 2 aromatic rings. The van der Waals surface area contributed by atoms with Gasteiger partial charge in [-0.05, 0) is 53.3 Å². The van der Waals surface area contributed by atoms with Gasteiger partial charge in [0.2, 0.25) is 5.91 Å². The van der Waals surface area contributed by atoms with E-state index in [2.05, 4.69) is 48.0 Å². The van der Waals surface area contributed by atoms with Crippen molar-refractivity contribution in [1.82, 2.24) is 5.01 Å². The second kappa shape index (κ2) is 6.30. The summed E-state index contributed by atoms with van der Waals surface area (Å²) in [6.07, 6.45) is 4.39. The number of hydrogen-bond donors (Lipinski definition) is 0. The smallest absolute Gasteiger partial charge is 0.240 e. The molecule has 2 aromatic heterocycles. The Balaban J connectivity index is 1.77. The maximum atomic E-state index is 12.2. The molecule has 124 valence electrons. The molecule has 1 saturated carbocycles. The molecule has 1 aliphatic heterocycles. The number of hydrazone groups is 1. The van der Waals surface area contributed by atoms with E-state index in [1.165, 1.54) is 15.3 Å². The molecule has 4 rings (SSSR count). The molecule has 3 heterocycles. The molecule has 0 N–H and O–H groups in total. The van der Waals surface area contributed by atoms with Gasteiger partial charge in [-0.25, -0.2) is 5.01 Å². The molecule has 3 atom stereocenters. The van der Waals surface area contributed by atoms with E-state index >= 15 is 0 Å². The first kappa shape index (κ1) is 15.8. The average molecular weight is 357 g/mol. The molecule has 0 radical (unpaired) electrons. The van der Waals surface area contributed by atoms with Gasteiger partial charge in [-0.3, -0.25) is 4.79 Å². The maximum absolute atomic E-state index is 12.2. The standard InChI is InChI=1S/C19H20N2OS2/c1-12-9-14(11-15-5-3-7-23-15)18-16(10-12)19(17-6-4-8-24-17)21(20-18)13(2)22/h3-8,11-12,16,19H,9-10H2,1-2H3/b14-11-/t12-,16-,19+/m0/s1. The van der Waals surface area contributed by atoms with Crippen LogP contribution in [0.15, 0.2) is 45.7 Å². The van der Waals surface area contributed by atoms with Crippen molar-refractivity contribution in [2.75, 3.05) is 0 Å². The van der Waals surface area contributed by atoms with E-state index in [1.807, 2.05) is 0 Å². The Kier molecular flexibility index (Phi) is 4.14. The highest BCUT2D eigenvalue weighted by Crippen LogP contribution is 2.47. The molecule has 2 aliphatic rings. The number of allylic oxidation sites excluding steroid dienone is 1. The molecule has 0 spiro atoms. The summed E-state index contributed by atoms with van der Waals surface area (Å²) in [5, 5.41) is 10.7. The van der Waals surface area contributed by atoms with Crippen molar-refractivity contribution in [3.8, 4) is 0 Å². The molecule has 1 amide bonds. The van der Waals surface area contributed by atoms with Crippen LogP contribution < -0.4 is 0 Å². The zero-order chi connectivity index (χ0) is 16.7. The maximum Gasteiger partial charge on any atom is 0.240 e. The summed E-state index contributed by atoms with van der Waals surface area (Å²) in [6.45, 7) is 3.93. The van der Waals surface area contributed by atoms with Crippen molar-refractivity contribution in [1.29, 1.82) is 0 Å². The first-order chi connectivity index (χ1) is 11.6. The number of nitrogens with zero attached hydrogens (tertiary/aromatic N) is 2. The fourth-order valence-electron chi connectivity index (χ4n) is 3.83. The molecule has 0 saturated heterocycles. The zero-order valence-electron chi connectivity index (χ0n) is 13.8. The lowest BCUT2D eigenvalue weighted by molar-refractivity contribution is -0.131. The van der Waals surface area contributed by atoms with Crippen LogP contribution in [0.3, 0.4) is 0 Å². The molecule has 24 heavy (non-hydrogen) atoms. The Hall–Kier alpha value is -1.72. The lowest BCUT2D eigenvalue weighted by Gasteiger charge is -2.31. The Bertz CT molecular complexity index is 789. The van der Waals surface area contributed by atoms with Gasteiger partial charge >= 0.3 is 0 Å². The van der Waals surface area contributed by atoms with Crippen LogP contribution >= 0.6 is 22.7 Å². The van der Waals surface area contributed by atoms with E-state index in [4.69, 9.17) is 5.10 Å². The van der Waals surface area contributed by atoms with E-state index in [9.17, 15) is 4.79 Å². The first-order valence-corrected chi connectivity index (χ1v) is 10.1. The number of hydrogen-bond acceptors (Lipinski definition) is 4. The minimum atomic E-state index is 0.0263. The van der Waals surface area contributed by atoms with Crippen LogP contribution in [-0.4, -0.2) is 16.6 Å². The van der Waals surface area contributed by atoms with E-state index in [-0.39, 0.29) is 11.9 Å². The summed E-state index contributed by atoms with van der Waals surface area (Å²) in [4.78, 5) is 14.7. The van der Waals surface area contributed by atoms with Crippen LogP contribution in [0.2, 0.25) is 0 Å². The van der Waals surface area contributed by atoms with Gasteiger partial charge in [0.05, 0.1) is 11.8 Å². The molecule has 1 fully saturated rings. The van der Waals surface area contributed by atoms with E-state index in [0.717, 1.165) is 18.6 Å². The Labute approximate surface area is 150 Å². The fourth-order valence-corrected chi connectivity index (χ4v) is 5.39. The normalized spacial score (nSPS) is 28.1. The van der Waals surface area contributed by atoms with Gasteiger partial charge in [-0.2, -0.15) is 5.10 Å². The molecule has 1 aliphatic carbocycles. The summed E-state index contributed by atoms with van der Waals surface area (Å²) in [7, 11) is 0. The predicted octanol–water partition coefficient (Wildman–Crippen LogP) is 5.20. The van der Waals surface area contributed by atoms with Gasteiger partial charge in [0.25, 0.3) is 0 Å². The van der Waals surface area contributed by atoms with Crippen molar-refractivity contribution < 1.29 is 4.79 Å². The van der Waals surface area contributed by atoms with Crippen LogP contribution in [0.25, 0.3) is 6.08 Å². The Morgan fingerprint density at radius 2 is 2.08 bits per heavy atom. The van der Waals surface area contributed by atoms with Crippen LogP contribution in [0.4, 0.5) is 0 Å². The van der Waals surface area contributed by atoms with E-state index < -0.39 is 0 Å². The molecule has 5 heteroatoms. The third kappa shape index (κ3) is 2.76. The topological polar surface area (TPSA) is 32.7 Å². The molecular weight excluding hydrogens is 336 g/mol. The largest absolute Gasteiger partial charge is 0.273 e. The van der Waals surface area contributed by atoms with Gasteiger partial charge in [-0.15, -0.1) is 22.7 Å². The van der Waals surface area contributed by atoms with Gasteiger partial charge in [0.1, 0.15) is 0 Å². The van der Waals surface area contributed by atoms with Crippen LogP contribution in [0.1, 0.15) is 42.5 Å². The fraction of sp³-hybridized carbons (Fsp3) is 0.368. The molecule has 3 nitrogen and oxygen atoms in total. The third-order valence-electron chi connectivity index (χ3n) is 4.78. The molecule has 0 bridgehead atoms. The SMILES string of the molecule is CC(=O)N1N=C2/C(=C\c3cccs3)C[C@H](C)C[C@@H]2[C@@H]1c1cccs1. The quantitative estimate of drug-likeness (QED) is 0.728. The highest BCUT2D eigenvalue weighted by atomic mass is 32.1. The lowest BCUT2D eigenvalue weighted by atomic mass is 9.74. The molecular formula is C19H20N2OS2. The summed E-state index contributed by atoms with van der Waals surface area (Å²) >= 11 is 3.47. The highest BCUT2D eigenvalue weighted by Gasteiger charge is 2.44. The monoisotopic (exact) mass is 356 g/mol. The second-order valence-electron chi connectivity index (χ2n) is 6.65. The third-order valence-corrected chi connectivity index (χ3v) is 6.54. The Morgan fingerprint density at radius 1 is 1.29 bits per heavy atom. The van der Waals surface area contributed by atoms with Crippen molar-refractivity contribution >= 4 is 40.4 Å². The van der Waals surface area contributed by atoms with Crippen LogP contribution in [-0.2, 0) is 4.79 Å². The highest BCUT2D eigenvalue weighted by molar-refractivity contribution is 7.11. The van der Waals surface area contributed by atoms with Crippen molar-refractivity contribution in [2.24, 2.45) is 16.9 Å². The average Bonchev–Trinajstić information content (AvgIpc) is 3.26. The summed E-state index contributed by atoms with van der Waals surface area (Å²) in [5.41, 5.74) is 2.42. The lowest BCUT2D eigenvalue weighted by Crippen LogP contribution is -2.31. The van der Waals surface area contributed by atoms with Gasteiger partial charge in [-0.1, -0.05) is 19.1 Å². The Morgan fingerprint density at radius 3 is 2.75 bits per heavy atom. The number of amides is 1. The second-order valence-corrected chi connectivity index (χ2v) is 8.60. The minimum absolute atomic E-state index is 0.0263. The van der Waals surface area contributed by atoms with E-state index in [0.29, 0.717) is 11.8 Å². The number of rotatable bonds is 2. The van der Waals surface area contributed by atoms with Crippen molar-refractivity contribution in [3.05, 3.63) is 50.4 Å².